The number of morpholine rings is 1. The Hall–Kier alpha value is -1.89. The summed E-state index contributed by atoms with van der Waals surface area (Å²) in [7, 11) is 1.95. The van der Waals surface area contributed by atoms with E-state index < -0.39 is 0 Å². The zero-order chi connectivity index (χ0) is 17.4. The predicted octanol–water partition coefficient (Wildman–Crippen LogP) is 1.69. The van der Waals surface area contributed by atoms with Crippen LogP contribution >= 0.6 is 11.6 Å². The number of rotatable bonds is 4. The summed E-state index contributed by atoms with van der Waals surface area (Å²) >= 11 is 5.96. The molecule has 2 fully saturated rings. The lowest BCUT2D eigenvalue weighted by atomic mass is 10.1. The normalized spacial score (nSPS) is 23.9. The molecular formula is C18H21ClN4O2. The molecule has 132 valence electrons. The van der Waals surface area contributed by atoms with E-state index in [9.17, 15) is 4.79 Å². The van der Waals surface area contributed by atoms with E-state index in [1.165, 1.54) is 5.56 Å². The van der Waals surface area contributed by atoms with E-state index >= 15 is 0 Å². The molecule has 7 heteroatoms. The molecular weight excluding hydrogens is 340 g/mol. The van der Waals surface area contributed by atoms with Crippen LogP contribution in [0.25, 0.3) is 0 Å². The second-order valence-corrected chi connectivity index (χ2v) is 7.15. The van der Waals surface area contributed by atoms with Gasteiger partial charge in [0.05, 0.1) is 18.7 Å². The first-order valence-corrected chi connectivity index (χ1v) is 8.82. The van der Waals surface area contributed by atoms with Crippen molar-refractivity contribution < 1.29 is 9.53 Å². The quantitative estimate of drug-likeness (QED) is 0.832. The molecule has 0 aliphatic carbocycles. The number of carbonyl (C=O) groups is 1. The van der Waals surface area contributed by atoms with Crippen molar-refractivity contribution in [1.82, 2.24) is 19.4 Å². The Morgan fingerprint density at radius 1 is 1.24 bits per heavy atom. The van der Waals surface area contributed by atoms with Gasteiger partial charge in [0.25, 0.3) is 0 Å². The van der Waals surface area contributed by atoms with Gasteiger partial charge >= 0.3 is 0 Å². The minimum Gasteiger partial charge on any atom is -0.365 e. The van der Waals surface area contributed by atoms with Crippen LogP contribution in [0.3, 0.4) is 0 Å². The van der Waals surface area contributed by atoms with Gasteiger partial charge in [-0.05, 0) is 17.7 Å². The van der Waals surface area contributed by atoms with Gasteiger partial charge in [0.2, 0.25) is 5.91 Å². The molecule has 0 N–H and O–H groups in total. The highest BCUT2D eigenvalue weighted by Gasteiger charge is 2.43. The van der Waals surface area contributed by atoms with Gasteiger partial charge < -0.3 is 14.2 Å². The van der Waals surface area contributed by atoms with E-state index in [0.29, 0.717) is 6.54 Å². The lowest BCUT2D eigenvalue weighted by Gasteiger charge is -2.36. The summed E-state index contributed by atoms with van der Waals surface area (Å²) in [5, 5.41) is 0.744. The molecule has 1 aromatic carbocycles. The van der Waals surface area contributed by atoms with Gasteiger partial charge in [0, 0.05) is 44.1 Å². The molecule has 1 aromatic heterocycles. The molecule has 25 heavy (non-hydrogen) atoms. The fourth-order valence-corrected chi connectivity index (χ4v) is 3.75. The van der Waals surface area contributed by atoms with Crippen LogP contribution in [0.2, 0.25) is 5.02 Å². The van der Waals surface area contributed by atoms with Crippen LogP contribution < -0.4 is 0 Å². The molecule has 2 aliphatic heterocycles. The molecule has 0 unspecified atom stereocenters. The fourth-order valence-electron chi connectivity index (χ4n) is 3.63. The Balaban J connectivity index is 1.47. The maximum Gasteiger partial charge on any atom is 0.249 e. The smallest absolute Gasteiger partial charge is 0.249 e. The summed E-state index contributed by atoms with van der Waals surface area (Å²) in [4.78, 5) is 21.0. The first-order chi connectivity index (χ1) is 12.1. The van der Waals surface area contributed by atoms with Gasteiger partial charge in [-0.15, -0.1) is 0 Å². The summed E-state index contributed by atoms with van der Waals surface area (Å²) < 4.78 is 7.76. The van der Waals surface area contributed by atoms with E-state index in [-0.39, 0.29) is 24.7 Å². The van der Waals surface area contributed by atoms with Gasteiger partial charge in [-0.1, -0.05) is 23.7 Å². The highest BCUT2D eigenvalue weighted by Crippen LogP contribution is 2.26. The van der Waals surface area contributed by atoms with Crippen molar-refractivity contribution in [2.45, 2.75) is 25.2 Å². The van der Waals surface area contributed by atoms with Crippen molar-refractivity contribution in [3.63, 3.8) is 0 Å². The number of likely N-dealkylation sites (tertiary alicyclic amines) is 1. The van der Waals surface area contributed by atoms with Crippen LogP contribution in [0.4, 0.5) is 0 Å². The zero-order valence-electron chi connectivity index (χ0n) is 14.1. The zero-order valence-corrected chi connectivity index (χ0v) is 14.9. The molecule has 2 atom stereocenters. The van der Waals surface area contributed by atoms with Crippen LogP contribution in [0.1, 0.15) is 11.4 Å². The first kappa shape index (κ1) is 16.6. The number of hydrogen-bond acceptors (Lipinski definition) is 4. The lowest BCUT2D eigenvalue weighted by molar-refractivity contribution is -0.154. The Bertz CT molecular complexity index is 761. The van der Waals surface area contributed by atoms with E-state index in [1.54, 1.807) is 6.20 Å². The molecule has 6 nitrogen and oxygen atoms in total. The molecule has 0 bridgehead atoms. The molecule has 0 saturated carbocycles. The van der Waals surface area contributed by atoms with Crippen LogP contribution in [-0.4, -0.2) is 57.1 Å². The maximum absolute atomic E-state index is 12.4. The highest BCUT2D eigenvalue weighted by atomic mass is 35.5. The van der Waals surface area contributed by atoms with Crippen molar-refractivity contribution in [2.75, 3.05) is 19.7 Å². The van der Waals surface area contributed by atoms with Gasteiger partial charge in [-0.2, -0.15) is 0 Å². The number of ether oxygens (including phenoxy) is 1. The second kappa shape index (κ2) is 6.78. The van der Waals surface area contributed by atoms with Crippen molar-refractivity contribution in [1.29, 1.82) is 0 Å². The molecule has 0 radical (unpaired) electrons. The van der Waals surface area contributed by atoms with Crippen LogP contribution in [-0.2, 0) is 29.7 Å². The number of hydrogen-bond donors (Lipinski definition) is 0. The minimum atomic E-state index is 0.0394. The van der Waals surface area contributed by atoms with E-state index in [1.807, 2.05) is 47.0 Å². The van der Waals surface area contributed by atoms with Crippen LogP contribution in [0, 0.1) is 0 Å². The largest absolute Gasteiger partial charge is 0.365 e. The summed E-state index contributed by atoms with van der Waals surface area (Å²) in [6, 6.07) is 7.98. The van der Waals surface area contributed by atoms with Crippen molar-refractivity contribution in [3.8, 4) is 0 Å². The molecule has 1 amide bonds. The van der Waals surface area contributed by atoms with E-state index in [2.05, 4.69) is 9.88 Å². The standard InChI is InChI=1S/C18H21ClN4O2/c1-21-7-6-20-17(21)11-23-15-9-22(10-16(15)25-12-18(23)24)8-13-2-4-14(19)5-3-13/h2-7,15-16H,8-12H2,1H3/t15-,16+/m1/s1. The Kier molecular flexibility index (Phi) is 4.50. The van der Waals surface area contributed by atoms with Gasteiger partial charge in [-0.25, -0.2) is 4.98 Å². The molecule has 2 aromatic rings. The van der Waals surface area contributed by atoms with Crippen LogP contribution in [0.15, 0.2) is 36.7 Å². The third kappa shape index (κ3) is 3.42. The summed E-state index contributed by atoms with van der Waals surface area (Å²) in [5.41, 5.74) is 1.21. The molecule has 2 aliphatic rings. The minimum absolute atomic E-state index is 0.0394. The van der Waals surface area contributed by atoms with E-state index in [0.717, 1.165) is 30.5 Å². The number of aromatic nitrogens is 2. The number of benzene rings is 1. The average molecular weight is 361 g/mol. The summed E-state index contributed by atoms with van der Waals surface area (Å²) in [6.45, 7) is 3.15. The second-order valence-electron chi connectivity index (χ2n) is 6.71. The Labute approximate surface area is 151 Å². The summed E-state index contributed by atoms with van der Waals surface area (Å²) in [5.74, 6) is 0.933. The summed E-state index contributed by atoms with van der Waals surface area (Å²) in [6.07, 6.45) is 3.73. The van der Waals surface area contributed by atoms with Crippen molar-refractivity contribution >= 4 is 17.5 Å². The topological polar surface area (TPSA) is 50.6 Å². The fraction of sp³-hybridized carbons (Fsp3) is 0.444. The number of fused-ring (bicyclic) bond motifs is 1. The maximum atomic E-state index is 12.4. The monoisotopic (exact) mass is 360 g/mol. The van der Waals surface area contributed by atoms with Crippen LogP contribution in [0.5, 0.6) is 0 Å². The van der Waals surface area contributed by atoms with Crippen molar-refractivity contribution in [3.05, 3.63) is 53.1 Å². The Morgan fingerprint density at radius 3 is 2.76 bits per heavy atom. The number of amides is 1. The van der Waals surface area contributed by atoms with E-state index in [4.69, 9.17) is 16.3 Å². The number of carbonyl (C=O) groups excluding carboxylic acids is 1. The molecule has 0 spiro atoms. The molecule has 3 heterocycles. The number of nitrogens with zero attached hydrogens (tertiary/aromatic N) is 4. The number of aryl methyl sites for hydroxylation is 1. The highest BCUT2D eigenvalue weighted by molar-refractivity contribution is 6.30. The first-order valence-electron chi connectivity index (χ1n) is 8.44. The lowest BCUT2D eigenvalue weighted by Crippen LogP contribution is -2.53. The van der Waals surface area contributed by atoms with Gasteiger partial charge in [0.15, 0.2) is 0 Å². The predicted molar refractivity (Wildman–Crippen MR) is 94.0 cm³/mol. The third-order valence-electron chi connectivity index (χ3n) is 5.01. The van der Waals surface area contributed by atoms with Gasteiger partial charge in [0.1, 0.15) is 12.4 Å². The van der Waals surface area contributed by atoms with Gasteiger partial charge in [-0.3, -0.25) is 9.69 Å². The number of imidazole rings is 1. The third-order valence-corrected chi connectivity index (χ3v) is 5.26. The number of halogens is 1. The van der Waals surface area contributed by atoms with Crippen molar-refractivity contribution in [2.24, 2.45) is 7.05 Å². The average Bonchev–Trinajstić information content (AvgIpc) is 3.18. The molecule has 2 saturated heterocycles. The molecule has 4 rings (SSSR count). The SMILES string of the molecule is Cn1ccnc1CN1C(=O)CO[C@H]2CN(Cc3ccc(Cl)cc3)C[C@H]21. The Morgan fingerprint density at radius 2 is 2.04 bits per heavy atom.